The maximum Gasteiger partial charge on any atom is 0.410 e. The van der Waals surface area contributed by atoms with Gasteiger partial charge in [0.25, 0.3) is 0 Å². The first-order valence-corrected chi connectivity index (χ1v) is 5.27. The first kappa shape index (κ1) is 10.3. The molecule has 1 saturated carbocycles. The van der Waals surface area contributed by atoms with Crippen LogP contribution in [0.1, 0.15) is 20.8 Å². The summed E-state index contributed by atoms with van der Waals surface area (Å²) in [4.78, 5) is 16.9. The van der Waals surface area contributed by atoms with Crippen molar-refractivity contribution < 1.29 is 9.53 Å². The molecule has 1 aliphatic carbocycles. The van der Waals surface area contributed by atoms with Gasteiger partial charge in [-0.05, 0) is 20.8 Å². The van der Waals surface area contributed by atoms with E-state index in [0.29, 0.717) is 24.9 Å². The molecule has 1 aliphatic heterocycles. The van der Waals surface area contributed by atoms with E-state index in [4.69, 9.17) is 11.3 Å². The second kappa shape index (κ2) is 3.13. The average Bonchev–Trinajstić information content (AvgIpc) is 2.54. The van der Waals surface area contributed by atoms with Crippen molar-refractivity contribution >= 4 is 6.09 Å². The van der Waals surface area contributed by atoms with Gasteiger partial charge in [0.15, 0.2) is 0 Å². The van der Waals surface area contributed by atoms with Crippen molar-refractivity contribution in [2.45, 2.75) is 32.4 Å². The summed E-state index contributed by atoms with van der Waals surface area (Å²) in [5.74, 6) is 0.824. The third-order valence-electron chi connectivity index (χ3n) is 2.95. The Hall–Kier alpha value is -1.24. The highest BCUT2D eigenvalue weighted by Gasteiger charge is 2.63. The van der Waals surface area contributed by atoms with E-state index >= 15 is 0 Å². The maximum absolute atomic E-state index is 11.6. The molecule has 0 spiro atoms. The minimum absolute atomic E-state index is 0.170. The van der Waals surface area contributed by atoms with Crippen molar-refractivity contribution in [1.82, 2.24) is 4.90 Å². The Kier molecular flexibility index (Phi) is 2.14. The predicted molar refractivity (Wildman–Crippen MR) is 55.2 cm³/mol. The van der Waals surface area contributed by atoms with Crippen molar-refractivity contribution in [3.63, 3.8) is 0 Å². The molecule has 82 valence electrons. The number of rotatable bonds is 0. The van der Waals surface area contributed by atoms with Crippen LogP contribution in [-0.2, 0) is 4.74 Å². The van der Waals surface area contributed by atoms with E-state index in [2.05, 4.69) is 4.85 Å². The Bertz CT molecular complexity index is 314. The van der Waals surface area contributed by atoms with E-state index in [1.54, 1.807) is 4.90 Å². The molecule has 0 aromatic heterocycles. The van der Waals surface area contributed by atoms with Crippen LogP contribution in [0.5, 0.6) is 0 Å². The molecule has 2 rings (SSSR count). The molecule has 2 fully saturated rings. The number of hydrogen-bond acceptors (Lipinski definition) is 2. The highest BCUT2D eigenvalue weighted by molar-refractivity contribution is 5.69. The van der Waals surface area contributed by atoms with Gasteiger partial charge in [-0.1, -0.05) is 0 Å². The largest absolute Gasteiger partial charge is 0.444 e. The quantitative estimate of drug-likeness (QED) is 0.568. The second-order valence-electron chi connectivity index (χ2n) is 5.33. The first-order valence-electron chi connectivity index (χ1n) is 5.27. The standard InChI is InChI=1S/C11H16N2O2/c1-11(2,3)15-10(14)13-5-7-8(6-13)9(7)12-4/h7-9H,5-6H2,1-3H3/t7-,8+,9?. The third-order valence-corrected chi connectivity index (χ3v) is 2.95. The topological polar surface area (TPSA) is 33.9 Å². The Morgan fingerprint density at radius 2 is 1.93 bits per heavy atom. The predicted octanol–water partition coefficient (Wildman–Crippen LogP) is 1.77. The lowest BCUT2D eigenvalue weighted by atomic mass is 10.2. The molecular weight excluding hydrogens is 192 g/mol. The van der Waals surface area contributed by atoms with Crippen molar-refractivity contribution in [1.29, 1.82) is 0 Å². The van der Waals surface area contributed by atoms with Crippen molar-refractivity contribution in [2.24, 2.45) is 11.8 Å². The molecule has 0 aromatic rings. The van der Waals surface area contributed by atoms with Gasteiger partial charge in [-0.2, -0.15) is 0 Å². The highest BCUT2D eigenvalue weighted by atomic mass is 16.6. The summed E-state index contributed by atoms with van der Waals surface area (Å²) in [5.41, 5.74) is -0.428. The van der Waals surface area contributed by atoms with Crippen LogP contribution in [0, 0.1) is 18.4 Å². The minimum Gasteiger partial charge on any atom is -0.444 e. The Morgan fingerprint density at radius 1 is 1.40 bits per heavy atom. The zero-order chi connectivity index (χ0) is 11.2. The van der Waals surface area contributed by atoms with Crippen LogP contribution in [0.4, 0.5) is 4.79 Å². The van der Waals surface area contributed by atoms with Gasteiger partial charge in [0.1, 0.15) is 5.60 Å². The molecular formula is C11H16N2O2. The third kappa shape index (κ3) is 1.92. The number of carbonyl (C=O) groups excluding carboxylic acids is 1. The van der Waals surface area contributed by atoms with Crippen LogP contribution in [0.2, 0.25) is 0 Å². The van der Waals surface area contributed by atoms with Gasteiger partial charge >= 0.3 is 6.09 Å². The van der Waals surface area contributed by atoms with Crippen LogP contribution < -0.4 is 0 Å². The van der Waals surface area contributed by atoms with Crippen LogP contribution in [0.3, 0.4) is 0 Å². The smallest absolute Gasteiger partial charge is 0.410 e. The summed E-state index contributed by atoms with van der Waals surface area (Å²) in [6, 6.07) is 0.170. The van der Waals surface area contributed by atoms with Crippen LogP contribution >= 0.6 is 0 Å². The molecule has 1 amide bonds. The molecule has 1 unspecified atom stereocenters. The lowest BCUT2D eigenvalue weighted by molar-refractivity contribution is 0.0273. The number of piperidine rings is 1. The maximum atomic E-state index is 11.6. The fraction of sp³-hybridized carbons (Fsp3) is 0.818. The number of carbonyl (C=O) groups is 1. The molecule has 1 heterocycles. The number of hydrogen-bond donors (Lipinski definition) is 0. The molecule has 2 aliphatic rings. The summed E-state index contributed by atoms with van der Waals surface area (Å²) in [6.45, 7) is 13.9. The number of amides is 1. The number of ether oxygens (including phenoxy) is 1. The molecule has 0 aromatic carbocycles. The lowest BCUT2D eigenvalue weighted by Gasteiger charge is -2.25. The summed E-state index contributed by atoms with van der Waals surface area (Å²) in [6.07, 6.45) is -0.238. The van der Waals surface area contributed by atoms with Gasteiger partial charge in [0.05, 0.1) is 11.8 Å². The van der Waals surface area contributed by atoms with E-state index in [1.807, 2.05) is 20.8 Å². The van der Waals surface area contributed by atoms with Gasteiger partial charge in [-0.25, -0.2) is 11.4 Å². The molecule has 1 saturated heterocycles. The van der Waals surface area contributed by atoms with Crippen molar-refractivity contribution in [2.75, 3.05) is 13.1 Å². The summed E-state index contributed by atoms with van der Waals surface area (Å²) < 4.78 is 5.27. The summed E-state index contributed by atoms with van der Waals surface area (Å²) in [7, 11) is 0. The molecule has 0 radical (unpaired) electrons. The SMILES string of the molecule is [C-]#[N+]C1[C@H]2CN(C(=O)OC(C)(C)C)C[C@@H]12. The van der Waals surface area contributed by atoms with E-state index in [9.17, 15) is 4.79 Å². The van der Waals surface area contributed by atoms with Gasteiger partial charge in [-0.3, -0.25) is 0 Å². The average molecular weight is 208 g/mol. The Labute approximate surface area is 90.0 Å². The first-order chi connectivity index (χ1) is 6.92. The molecule has 3 atom stereocenters. The minimum atomic E-state index is -0.428. The Morgan fingerprint density at radius 3 is 2.33 bits per heavy atom. The van der Waals surface area contributed by atoms with Gasteiger partial charge in [-0.15, -0.1) is 0 Å². The molecule has 0 N–H and O–H groups in total. The number of nitrogens with zero attached hydrogens (tertiary/aromatic N) is 2. The van der Waals surface area contributed by atoms with E-state index < -0.39 is 5.60 Å². The van der Waals surface area contributed by atoms with Gasteiger partial charge < -0.3 is 14.5 Å². The monoisotopic (exact) mass is 208 g/mol. The fourth-order valence-electron chi connectivity index (χ4n) is 2.16. The normalized spacial score (nSPS) is 33.2. The van der Waals surface area contributed by atoms with Gasteiger partial charge in [0.2, 0.25) is 6.04 Å². The van der Waals surface area contributed by atoms with Crippen LogP contribution in [-0.4, -0.2) is 35.7 Å². The van der Waals surface area contributed by atoms with Crippen molar-refractivity contribution in [3.05, 3.63) is 11.4 Å². The molecule has 4 nitrogen and oxygen atoms in total. The number of likely N-dealkylation sites (tertiary alicyclic amines) is 1. The fourth-order valence-corrected chi connectivity index (χ4v) is 2.16. The van der Waals surface area contributed by atoms with Crippen LogP contribution in [0.15, 0.2) is 0 Å². The van der Waals surface area contributed by atoms with Crippen molar-refractivity contribution in [3.8, 4) is 0 Å². The van der Waals surface area contributed by atoms with Gasteiger partial charge in [0, 0.05) is 13.1 Å². The number of fused-ring (bicyclic) bond motifs is 1. The van der Waals surface area contributed by atoms with E-state index in [1.165, 1.54) is 0 Å². The Balaban J connectivity index is 1.85. The molecule has 0 bridgehead atoms. The van der Waals surface area contributed by atoms with Crippen LogP contribution in [0.25, 0.3) is 4.85 Å². The molecule has 15 heavy (non-hydrogen) atoms. The summed E-state index contributed by atoms with van der Waals surface area (Å²) in [5, 5.41) is 0. The zero-order valence-electron chi connectivity index (χ0n) is 9.36. The lowest BCUT2D eigenvalue weighted by Crippen LogP contribution is -2.37. The zero-order valence-corrected chi connectivity index (χ0v) is 9.36. The second-order valence-corrected chi connectivity index (χ2v) is 5.33. The van der Waals surface area contributed by atoms with E-state index in [0.717, 1.165) is 0 Å². The van der Waals surface area contributed by atoms with E-state index in [-0.39, 0.29) is 12.1 Å². The molecule has 4 heteroatoms. The summed E-state index contributed by atoms with van der Waals surface area (Å²) >= 11 is 0. The highest BCUT2D eigenvalue weighted by Crippen LogP contribution is 2.48.